The fourth-order valence-corrected chi connectivity index (χ4v) is 3.04. The number of methoxy groups -OCH3 is 1. The molecule has 0 bridgehead atoms. The maximum absolute atomic E-state index is 11.6. The molecule has 0 radical (unpaired) electrons. The molecule has 0 aliphatic rings. The molecular weight excluding hydrogens is 352 g/mol. The minimum atomic E-state index is 0.376. The molecule has 0 amide bonds. The van der Waals surface area contributed by atoms with Gasteiger partial charge in [-0.05, 0) is 23.6 Å². The van der Waals surface area contributed by atoms with E-state index in [4.69, 9.17) is 14.2 Å². The Bertz CT molecular complexity index is 905. The van der Waals surface area contributed by atoms with Gasteiger partial charge in [0.25, 0.3) is 0 Å². The van der Waals surface area contributed by atoms with Crippen molar-refractivity contribution in [2.75, 3.05) is 7.11 Å². The second-order valence-corrected chi connectivity index (χ2v) is 6.32. The van der Waals surface area contributed by atoms with Gasteiger partial charge >= 0.3 is 0 Å². The molecule has 0 N–H and O–H groups in total. The minimum absolute atomic E-state index is 0.376. The predicted octanol–water partition coefficient (Wildman–Crippen LogP) is 5.23. The standard InChI is InChI=1S/C24H24O4/c1-3-21-20(15-25)14-22(26-2)24(28-17-19-12-8-5-9-13-19)23(21)27-16-18-10-6-4-7-11-18/h4-15H,3,16-17H2,1-2H3. The van der Waals surface area contributed by atoms with Crippen molar-refractivity contribution in [3.8, 4) is 17.2 Å². The summed E-state index contributed by atoms with van der Waals surface area (Å²) < 4.78 is 17.8. The van der Waals surface area contributed by atoms with Crippen molar-refractivity contribution in [2.45, 2.75) is 26.6 Å². The van der Waals surface area contributed by atoms with E-state index in [0.717, 1.165) is 23.0 Å². The fourth-order valence-electron chi connectivity index (χ4n) is 3.04. The lowest BCUT2D eigenvalue weighted by Gasteiger charge is -2.20. The highest BCUT2D eigenvalue weighted by molar-refractivity contribution is 5.82. The third kappa shape index (κ3) is 4.52. The van der Waals surface area contributed by atoms with Gasteiger partial charge in [0.05, 0.1) is 7.11 Å². The quantitative estimate of drug-likeness (QED) is 0.480. The van der Waals surface area contributed by atoms with Gasteiger partial charge in [0.1, 0.15) is 13.2 Å². The molecule has 0 unspecified atom stereocenters. The zero-order valence-corrected chi connectivity index (χ0v) is 16.2. The second kappa shape index (κ2) is 9.60. The van der Waals surface area contributed by atoms with Crippen molar-refractivity contribution in [3.63, 3.8) is 0 Å². The van der Waals surface area contributed by atoms with Crippen molar-refractivity contribution in [2.24, 2.45) is 0 Å². The van der Waals surface area contributed by atoms with Gasteiger partial charge in [0.2, 0.25) is 5.75 Å². The maximum atomic E-state index is 11.6. The van der Waals surface area contributed by atoms with Gasteiger partial charge in [-0.2, -0.15) is 0 Å². The first-order valence-corrected chi connectivity index (χ1v) is 9.29. The summed E-state index contributed by atoms with van der Waals surface area (Å²) in [6, 6.07) is 21.5. The number of carbonyl (C=O) groups is 1. The summed E-state index contributed by atoms with van der Waals surface area (Å²) >= 11 is 0. The molecule has 0 heterocycles. The van der Waals surface area contributed by atoms with Crippen molar-refractivity contribution in [1.82, 2.24) is 0 Å². The summed E-state index contributed by atoms with van der Waals surface area (Å²) in [4.78, 5) is 11.6. The molecule has 0 aromatic heterocycles. The van der Waals surface area contributed by atoms with Crippen molar-refractivity contribution in [3.05, 3.63) is 89.0 Å². The highest BCUT2D eigenvalue weighted by atomic mass is 16.5. The van der Waals surface area contributed by atoms with Crippen molar-refractivity contribution >= 4 is 6.29 Å². The molecule has 0 aliphatic carbocycles. The molecule has 4 heteroatoms. The smallest absolute Gasteiger partial charge is 0.204 e. The molecule has 0 saturated heterocycles. The van der Waals surface area contributed by atoms with E-state index < -0.39 is 0 Å². The average Bonchev–Trinajstić information content (AvgIpc) is 2.76. The van der Waals surface area contributed by atoms with Gasteiger partial charge in [0.15, 0.2) is 17.8 Å². The van der Waals surface area contributed by atoms with Crippen LogP contribution in [0.1, 0.15) is 34.0 Å². The summed E-state index contributed by atoms with van der Waals surface area (Å²) in [5, 5.41) is 0. The molecule has 3 rings (SSSR count). The zero-order valence-electron chi connectivity index (χ0n) is 16.2. The number of carbonyl (C=O) groups excluding carboxylic acids is 1. The third-order valence-corrected chi connectivity index (χ3v) is 4.49. The van der Waals surface area contributed by atoms with Crippen LogP contribution in [0.5, 0.6) is 17.2 Å². The third-order valence-electron chi connectivity index (χ3n) is 4.49. The summed E-state index contributed by atoms with van der Waals surface area (Å²) in [6.45, 7) is 2.74. The number of rotatable bonds is 9. The van der Waals surface area contributed by atoms with Crippen LogP contribution in [0.3, 0.4) is 0 Å². The van der Waals surface area contributed by atoms with Crippen molar-refractivity contribution < 1.29 is 19.0 Å². The van der Waals surface area contributed by atoms with E-state index in [-0.39, 0.29) is 0 Å². The van der Waals surface area contributed by atoms with Gasteiger partial charge in [0, 0.05) is 11.1 Å². The van der Waals surface area contributed by atoms with Crippen LogP contribution in [0.2, 0.25) is 0 Å². The Morgan fingerprint density at radius 1 is 0.821 bits per heavy atom. The van der Waals surface area contributed by atoms with Crippen LogP contribution in [0, 0.1) is 0 Å². The largest absolute Gasteiger partial charge is 0.493 e. The predicted molar refractivity (Wildman–Crippen MR) is 109 cm³/mol. The number of benzene rings is 3. The van der Waals surface area contributed by atoms with E-state index in [1.807, 2.05) is 67.6 Å². The first kappa shape index (κ1) is 19.5. The highest BCUT2D eigenvalue weighted by Crippen LogP contribution is 2.43. The van der Waals surface area contributed by atoms with E-state index in [2.05, 4.69) is 0 Å². The Labute approximate surface area is 165 Å². The number of aldehydes is 1. The normalized spacial score (nSPS) is 10.4. The average molecular weight is 376 g/mol. The van der Waals surface area contributed by atoms with E-state index in [9.17, 15) is 4.79 Å². The lowest BCUT2D eigenvalue weighted by Crippen LogP contribution is -2.07. The lowest BCUT2D eigenvalue weighted by atomic mass is 10.0. The Hall–Kier alpha value is -3.27. The zero-order chi connectivity index (χ0) is 19.8. The Morgan fingerprint density at radius 3 is 1.82 bits per heavy atom. The molecule has 3 aromatic carbocycles. The van der Waals surface area contributed by atoms with Crippen LogP contribution in [0.4, 0.5) is 0 Å². The SMILES string of the molecule is CCc1c(C=O)cc(OC)c(OCc2ccccc2)c1OCc1ccccc1. The summed E-state index contributed by atoms with van der Waals surface area (Å²) in [5.74, 6) is 1.56. The Kier molecular flexibility index (Phi) is 6.68. The first-order chi connectivity index (χ1) is 13.8. The van der Waals surface area contributed by atoms with Gasteiger partial charge in [-0.1, -0.05) is 67.6 Å². The molecule has 3 aromatic rings. The van der Waals surface area contributed by atoms with E-state index >= 15 is 0 Å². The fraction of sp³-hybridized carbons (Fsp3) is 0.208. The van der Waals surface area contributed by atoms with E-state index in [1.54, 1.807) is 13.2 Å². The van der Waals surface area contributed by atoms with Gasteiger partial charge < -0.3 is 14.2 Å². The van der Waals surface area contributed by atoms with Crippen molar-refractivity contribution in [1.29, 1.82) is 0 Å². The van der Waals surface area contributed by atoms with E-state index in [1.165, 1.54) is 0 Å². The lowest BCUT2D eigenvalue weighted by molar-refractivity contribution is 0.112. The summed E-state index contributed by atoms with van der Waals surface area (Å²) in [6.07, 6.45) is 1.47. The van der Waals surface area contributed by atoms with Crippen LogP contribution in [0.15, 0.2) is 66.7 Å². The Morgan fingerprint density at radius 2 is 1.36 bits per heavy atom. The molecule has 0 saturated carbocycles. The molecular formula is C24H24O4. The number of ether oxygens (including phenoxy) is 3. The number of hydrogen-bond donors (Lipinski definition) is 0. The monoisotopic (exact) mass is 376 g/mol. The molecule has 0 atom stereocenters. The van der Waals surface area contributed by atoms with Gasteiger partial charge in [-0.3, -0.25) is 4.79 Å². The van der Waals surface area contributed by atoms with Crippen LogP contribution in [0.25, 0.3) is 0 Å². The minimum Gasteiger partial charge on any atom is -0.493 e. The molecule has 0 fully saturated rings. The first-order valence-electron chi connectivity index (χ1n) is 9.29. The van der Waals surface area contributed by atoms with Gasteiger partial charge in [-0.15, -0.1) is 0 Å². The molecule has 28 heavy (non-hydrogen) atoms. The summed E-state index contributed by atoms with van der Waals surface area (Å²) in [7, 11) is 1.56. The van der Waals surface area contributed by atoms with Crippen LogP contribution >= 0.6 is 0 Å². The van der Waals surface area contributed by atoms with Crippen LogP contribution < -0.4 is 14.2 Å². The molecule has 0 spiro atoms. The van der Waals surface area contributed by atoms with Crippen LogP contribution in [-0.4, -0.2) is 13.4 Å². The maximum Gasteiger partial charge on any atom is 0.204 e. The molecule has 4 nitrogen and oxygen atoms in total. The number of hydrogen-bond acceptors (Lipinski definition) is 4. The summed E-state index contributed by atoms with van der Waals surface area (Å²) in [5.41, 5.74) is 3.44. The van der Waals surface area contributed by atoms with Gasteiger partial charge in [-0.25, -0.2) is 0 Å². The van der Waals surface area contributed by atoms with E-state index in [0.29, 0.717) is 42.4 Å². The topological polar surface area (TPSA) is 44.8 Å². The molecule has 0 aliphatic heterocycles. The van der Waals surface area contributed by atoms with Crippen LogP contribution in [-0.2, 0) is 19.6 Å². The second-order valence-electron chi connectivity index (χ2n) is 6.32. The highest BCUT2D eigenvalue weighted by Gasteiger charge is 2.21. The Balaban J connectivity index is 1.97. The molecule has 144 valence electrons.